The highest BCUT2D eigenvalue weighted by Crippen LogP contribution is 2.52. The van der Waals surface area contributed by atoms with Crippen LogP contribution in [0.2, 0.25) is 0 Å². The highest BCUT2D eigenvalue weighted by Gasteiger charge is 2.72. The van der Waals surface area contributed by atoms with E-state index in [1.165, 1.54) is 30.8 Å². The molecular weight excluding hydrogens is 356 g/mol. The summed E-state index contributed by atoms with van der Waals surface area (Å²) in [6, 6.07) is -1.70. The maximum atomic E-state index is 13.3. The molecule has 9 heteroatoms. The van der Waals surface area contributed by atoms with Crippen molar-refractivity contribution in [1.29, 1.82) is 0 Å². The van der Waals surface area contributed by atoms with Crippen molar-refractivity contribution in [3.8, 4) is 0 Å². The number of amides is 2. The Labute approximate surface area is 158 Å². The predicted octanol–water partition coefficient (Wildman–Crippen LogP) is 1.25. The van der Waals surface area contributed by atoms with E-state index in [2.05, 4.69) is 0 Å². The molecule has 2 unspecified atom stereocenters. The number of likely N-dealkylation sites (tertiary alicyclic amines) is 2. The van der Waals surface area contributed by atoms with Crippen LogP contribution in [0.15, 0.2) is 0 Å². The molecule has 0 bridgehead atoms. The molecule has 0 radical (unpaired) electrons. The summed E-state index contributed by atoms with van der Waals surface area (Å²) in [6.45, 7) is 8.68. The highest BCUT2D eigenvalue weighted by atomic mass is 16.6. The molecule has 0 aromatic heterocycles. The minimum atomic E-state index is -1.20. The van der Waals surface area contributed by atoms with E-state index >= 15 is 0 Å². The van der Waals surface area contributed by atoms with Crippen LogP contribution in [-0.2, 0) is 23.9 Å². The van der Waals surface area contributed by atoms with Crippen LogP contribution >= 0.6 is 0 Å². The summed E-state index contributed by atoms with van der Waals surface area (Å²) in [4.78, 5) is 51.4. The zero-order chi connectivity index (χ0) is 20.7. The molecule has 0 saturated carbocycles. The van der Waals surface area contributed by atoms with Crippen molar-refractivity contribution >= 4 is 23.9 Å². The molecule has 2 amide bonds. The molecule has 2 aliphatic heterocycles. The summed E-state index contributed by atoms with van der Waals surface area (Å²) in [5.41, 5.74) is -1.72. The molecule has 1 spiro atoms. The highest BCUT2D eigenvalue weighted by molar-refractivity contribution is 6.00. The van der Waals surface area contributed by atoms with E-state index in [-0.39, 0.29) is 6.54 Å². The van der Waals surface area contributed by atoms with Gasteiger partial charge in [0.05, 0.1) is 13.2 Å². The van der Waals surface area contributed by atoms with Gasteiger partial charge in [-0.1, -0.05) is 20.8 Å². The van der Waals surface area contributed by atoms with Gasteiger partial charge in [0.2, 0.25) is 0 Å². The van der Waals surface area contributed by atoms with E-state index in [1.807, 2.05) is 20.8 Å². The van der Waals surface area contributed by atoms with Crippen LogP contribution in [0, 0.1) is 5.41 Å². The van der Waals surface area contributed by atoms with E-state index < -0.39 is 53.1 Å². The van der Waals surface area contributed by atoms with Crippen molar-refractivity contribution in [2.75, 3.05) is 13.7 Å². The second kappa shape index (κ2) is 7.01. The largest absolute Gasteiger partial charge is 0.467 e. The molecular formula is C18H28N2O7. The quantitative estimate of drug-likeness (QED) is 0.573. The third-order valence-electron chi connectivity index (χ3n) is 5.35. The summed E-state index contributed by atoms with van der Waals surface area (Å²) >= 11 is 0. The van der Waals surface area contributed by atoms with E-state index in [4.69, 9.17) is 9.47 Å². The number of rotatable bonds is 4. The Morgan fingerprint density at radius 2 is 1.89 bits per heavy atom. The number of carbonyl (C=O) groups excluding carboxylic acids is 3. The lowest BCUT2D eigenvalue weighted by molar-refractivity contribution is -0.202. The monoisotopic (exact) mass is 384 g/mol. The van der Waals surface area contributed by atoms with Crippen LogP contribution in [-0.4, -0.2) is 76.2 Å². The Morgan fingerprint density at radius 1 is 1.30 bits per heavy atom. The third-order valence-corrected chi connectivity index (χ3v) is 5.35. The summed E-state index contributed by atoms with van der Waals surface area (Å²) < 4.78 is 10.0. The molecule has 152 valence electrons. The number of hydrogen-bond acceptors (Lipinski definition) is 6. The average Bonchev–Trinajstić information content (AvgIpc) is 2.99. The SMILES string of the molecule is COC(=O)[C@H]([C@@H](C)OC(C)=O)N1C(=O)C2(CCCN2C(=O)O)C1C(C)(C)C. The third kappa shape index (κ3) is 3.23. The maximum Gasteiger partial charge on any atom is 0.408 e. The fourth-order valence-corrected chi connectivity index (χ4v) is 4.63. The normalized spacial score (nSPS) is 27.2. The average molecular weight is 384 g/mol. The smallest absolute Gasteiger partial charge is 0.408 e. The second-order valence-corrected chi connectivity index (χ2v) is 8.23. The number of hydrogen-bond donors (Lipinski definition) is 1. The van der Waals surface area contributed by atoms with Gasteiger partial charge in [-0.25, -0.2) is 9.59 Å². The van der Waals surface area contributed by atoms with E-state index in [0.29, 0.717) is 12.8 Å². The van der Waals surface area contributed by atoms with Crippen molar-refractivity contribution < 1.29 is 33.8 Å². The van der Waals surface area contributed by atoms with Gasteiger partial charge >= 0.3 is 18.0 Å². The summed E-state index contributed by atoms with van der Waals surface area (Å²) in [6.07, 6.45) is -1.12. The number of ether oxygens (including phenoxy) is 2. The lowest BCUT2D eigenvalue weighted by Gasteiger charge is -2.63. The lowest BCUT2D eigenvalue weighted by atomic mass is 9.64. The first-order valence-electron chi connectivity index (χ1n) is 8.98. The van der Waals surface area contributed by atoms with Crippen molar-refractivity contribution in [2.45, 2.75) is 71.2 Å². The maximum absolute atomic E-state index is 13.3. The summed E-state index contributed by atoms with van der Waals surface area (Å²) in [5, 5.41) is 9.62. The minimum absolute atomic E-state index is 0.268. The van der Waals surface area contributed by atoms with Crippen LogP contribution in [0.25, 0.3) is 0 Å². The minimum Gasteiger partial charge on any atom is -0.467 e. The molecule has 0 aliphatic carbocycles. The van der Waals surface area contributed by atoms with E-state index in [9.17, 15) is 24.3 Å². The fourth-order valence-electron chi connectivity index (χ4n) is 4.63. The Balaban J connectivity index is 2.51. The Bertz CT molecular complexity index is 657. The first-order chi connectivity index (χ1) is 12.4. The van der Waals surface area contributed by atoms with Crippen LogP contribution < -0.4 is 0 Å². The van der Waals surface area contributed by atoms with Gasteiger partial charge in [-0.2, -0.15) is 0 Å². The van der Waals surface area contributed by atoms with Crippen molar-refractivity contribution in [3.05, 3.63) is 0 Å². The van der Waals surface area contributed by atoms with Gasteiger partial charge in [0.15, 0.2) is 6.04 Å². The van der Waals surface area contributed by atoms with Crippen LogP contribution in [0.3, 0.4) is 0 Å². The number of esters is 2. The van der Waals surface area contributed by atoms with E-state index in [0.717, 1.165) is 0 Å². The number of nitrogens with zero attached hydrogens (tertiary/aromatic N) is 2. The molecule has 0 aromatic rings. The number of carbonyl (C=O) groups is 4. The molecule has 2 heterocycles. The molecule has 4 atom stereocenters. The van der Waals surface area contributed by atoms with Crippen LogP contribution in [0.5, 0.6) is 0 Å². The fraction of sp³-hybridized carbons (Fsp3) is 0.778. The molecule has 27 heavy (non-hydrogen) atoms. The van der Waals surface area contributed by atoms with Gasteiger partial charge in [-0.15, -0.1) is 0 Å². The van der Waals surface area contributed by atoms with Crippen LogP contribution in [0.4, 0.5) is 4.79 Å². The lowest BCUT2D eigenvalue weighted by Crippen LogP contribution is -2.84. The Hall–Kier alpha value is -2.32. The van der Waals surface area contributed by atoms with Crippen molar-refractivity contribution in [3.63, 3.8) is 0 Å². The number of carboxylic acid groups (broad SMARTS) is 1. The molecule has 2 rings (SSSR count). The Morgan fingerprint density at radius 3 is 2.33 bits per heavy atom. The van der Waals surface area contributed by atoms with Gasteiger partial charge in [-0.3, -0.25) is 14.5 Å². The predicted molar refractivity (Wildman–Crippen MR) is 93.8 cm³/mol. The van der Waals surface area contributed by atoms with Gasteiger partial charge in [0.1, 0.15) is 11.6 Å². The van der Waals surface area contributed by atoms with Crippen molar-refractivity contribution in [2.24, 2.45) is 5.41 Å². The zero-order valence-electron chi connectivity index (χ0n) is 16.6. The summed E-state index contributed by atoms with van der Waals surface area (Å²) in [5.74, 6) is -1.74. The molecule has 0 aromatic carbocycles. The molecule has 2 aliphatic rings. The topological polar surface area (TPSA) is 113 Å². The molecule has 9 nitrogen and oxygen atoms in total. The number of β-lactam (4-membered cyclic amide) rings is 1. The molecule has 1 N–H and O–H groups in total. The molecule has 2 saturated heterocycles. The second-order valence-electron chi connectivity index (χ2n) is 8.23. The number of methoxy groups -OCH3 is 1. The first-order valence-corrected chi connectivity index (χ1v) is 8.98. The van der Waals surface area contributed by atoms with Gasteiger partial charge < -0.3 is 19.5 Å². The molecule has 2 fully saturated rings. The van der Waals surface area contributed by atoms with Gasteiger partial charge in [0, 0.05) is 13.5 Å². The standard InChI is InChI=1S/C18H28N2O7/c1-10(27-11(2)21)12(13(22)26-6)20-14(17(3,4)5)18(15(20)23)8-7-9-19(18)16(24)25/h10,12,14H,7-9H2,1-6H3,(H,24,25)/t10-,12+,14?,18?/m1/s1. The van der Waals surface area contributed by atoms with E-state index in [1.54, 1.807) is 0 Å². The van der Waals surface area contributed by atoms with Crippen molar-refractivity contribution in [1.82, 2.24) is 9.80 Å². The van der Waals surface area contributed by atoms with Crippen LogP contribution in [0.1, 0.15) is 47.5 Å². The first kappa shape index (κ1) is 21.0. The Kier molecular flexibility index (Phi) is 5.45. The zero-order valence-corrected chi connectivity index (χ0v) is 16.6. The van der Waals surface area contributed by atoms with Gasteiger partial charge in [-0.05, 0) is 25.2 Å². The summed E-state index contributed by atoms with van der Waals surface area (Å²) in [7, 11) is 1.20. The van der Waals surface area contributed by atoms with Gasteiger partial charge in [0.25, 0.3) is 5.91 Å².